The van der Waals surface area contributed by atoms with Crippen LogP contribution in [0, 0.1) is 0 Å². The number of hydrogen-bond donors (Lipinski definition) is 0. The van der Waals surface area contributed by atoms with Crippen LogP contribution in [0.2, 0.25) is 0 Å². The molecule has 1 fully saturated rings. The molecular formula is C8H13I3O4. The van der Waals surface area contributed by atoms with Crippen molar-refractivity contribution in [3.63, 3.8) is 0 Å². The molecule has 0 spiro atoms. The minimum Gasteiger partial charge on any atom is -0.448 e. The number of carbonyl (C=O) groups is 2. The van der Waals surface area contributed by atoms with Gasteiger partial charge in [-0.15, -0.1) is 37.1 Å². The van der Waals surface area contributed by atoms with Crippen molar-refractivity contribution in [1.82, 2.24) is 0 Å². The van der Waals surface area contributed by atoms with Gasteiger partial charge in [-0.1, -0.05) is 0 Å². The van der Waals surface area contributed by atoms with Crippen LogP contribution in [-0.2, 0) is 19.1 Å². The third-order valence-corrected chi connectivity index (χ3v) is 1.25. The molecule has 1 aliphatic rings. The van der Waals surface area contributed by atoms with Crippen molar-refractivity contribution in [3.05, 3.63) is 13.2 Å². The van der Waals surface area contributed by atoms with Crippen molar-refractivity contribution in [2.24, 2.45) is 0 Å². The summed E-state index contributed by atoms with van der Waals surface area (Å²) in [7, 11) is 0. The van der Waals surface area contributed by atoms with Crippen molar-refractivity contribution in [3.8, 4) is 0 Å². The molecule has 0 aromatic heterocycles. The molecule has 0 saturated carbocycles. The van der Waals surface area contributed by atoms with Crippen LogP contribution in [0.1, 0.15) is 13.8 Å². The van der Waals surface area contributed by atoms with E-state index in [1.54, 1.807) is 0 Å². The van der Waals surface area contributed by atoms with E-state index < -0.39 is 24.1 Å². The van der Waals surface area contributed by atoms with Gasteiger partial charge in [-0.3, -0.25) is 0 Å². The van der Waals surface area contributed by atoms with Gasteiger partial charge >= 0.3 is 11.9 Å². The molecule has 2 unspecified atom stereocenters. The van der Waals surface area contributed by atoms with Crippen LogP contribution in [0.25, 0.3) is 0 Å². The Morgan fingerprint density at radius 1 is 1.00 bits per heavy atom. The van der Waals surface area contributed by atoms with Crippen molar-refractivity contribution < 1.29 is 19.1 Å². The molecule has 0 radical (unpaired) electrons. The summed E-state index contributed by atoms with van der Waals surface area (Å²) < 4.78 is 9.19. The van der Waals surface area contributed by atoms with E-state index in [1.165, 1.54) is 13.8 Å². The summed E-state index contributed by atoms with van der Waals surface area (Å²) in [6, 6.07) is 0. The quantitative estimate of drug-likeness (QED) is 0.263. The van der Waals surface area contributed by atoms with Crippen molar-refractivity contribution in [1.29, 1.82) is 0 Å². The van der Waals surface area contributed by atoms with Gasteiger partial charge in [0.1, 0.15) is 0 Å². The maximum absolute atomic E-state index is 10.7. The summed E-state index contributed by atoms with van der Waals surface area (Å²) in [4.78, 5) is 21.3. The lowest BCUT2D eigenvalue weighted by Gasteiger charge is -2.22. The summed E-state index contributed by atoms with van der Waals surface area (Å²) >= 11 is 4.24. The number of carbonyl (C=O) groups excluding carboxylic acids is 2. The highest BCUT2D eigenvalue weighted by molar-refractivity contribution is 15.0. The first-order valence-corrected chi connectivity index (χ1v) is 9.95. The van der Waals surface area contributed by atoms with Gasteiger partial charge in [0.25, 0.3) is 0 Å². The molecule has 90 valence electrons. The Bertz CT molecular complexity index is 178. The van der Waals surface area contributed by atoms with E-state index in [-0.39, 0.29) is 24.0 Å². The van der Waals surface area contributed by atoms with Gasteiger partial charge in [0, 0.05) is 37.2 Å². The Labute approximate surface area is 130 Å². The van der Waals surface area contributed by atoms with Crippen molar-refractivity contribution >= 4 is 73.1 Å². The Kier molecular flexibility index (Phi) is 18.3. The van der Waals surface area contributed by atoms with E-state index in [9.17, 15) is 9.59 Å². The molecule has 1 rings (SSSR count). The number of cyclic esters (lactones) is 2. The highest BCUT2D eigenvalue weighted by Crippen LogP contribution is 2.08. The van der Waals surface area contributed by atoms with Crippen molar-refractivity contribution in [2.45, 2.75) is 26.1 Å². The molecule has 0 aromatic rings. The van der Waals surface area contributed by atoms with Gasteiger partial charge in [-0.25, -0.2) is 9.59 Å². The van der Waals surface area contributed by atoms with E-state index in [4.69, 9.17) is 0 Å². The predicted molar refractivity (Wildman–Crippen MR) is 85.8 cm³/mol. The number of hydrogen-bond acceptors (Lipinski definition) is 4. The molecule has 1 saturated heterocycles. The lowest BCUT2D eigenvalue weighted by Crippen LogP contribution is -2.40. The third-order valence-electron chi connectivity index (χ3n) is 1.25. The van der Waals surface area contributed by atoms with E-state index >= 15 is 0 Å². The summed E-state index contributed by atoms with van der Waals surface area (Å²) in [5, 5.41) is 0. The zero-order valence-electron chi connectivity index (χ0n) is 8.37. The minimum atomic E-state index is -0.747. The number of ether oxygens (including phenoxy) is 2. The smallest absolute Gasteiger partial charge is 0.347 e. The predicted octanol–water partition coefficient (Wildman–Crippen LogP) is 3.06. The van der Waals surface area contributed by atoms with Crippen LogP contribution in [-0.4, -0.2) is 24.1 Å². The number of esters is 2. The fourth-order valence-corrected chi connectivity index (χ4v) is 0.636. The molecule has 0 N–H and O–H groups in total. The Hall–Kier alpha value is 0.870. The SMILES string of the molecule is C=C.CC1OC(=O)C(C)OC1=O.I.II. The molecule has 0 aliphatic carbocycles. The van der Waals surface area contributed by atoms with Crippen LogP contribution in [0.5, 0.6) is 0 Å². The number of rotatable bonds is 0. The standard InChI is InChI=1S/C6H8O4.C2H4.I2.HI/c1-3-5(7)10-4(2)6(8)9-3;2*1-2;/h3-4H,1-2H3;1-2H2;;1H. The normalized spacial score (nSPS) is 22.7. The lowest BCUT2D eigenvalue weighted by atomic mass is 10.3. The van der Waals surface area contributed by atoms with Gasteiger partial charge in [-0.2, -0.15) is 0 Å². The molecule has 15 heavy (non-hydrogen) atoms. The topological polar surface area (TPSA) is 52.6 Å². The maximum Gasteiger partial charge on any atom is 0.347 e. The highest BCUT2D eigenvalue weighted by Gasteiger charge is 2.32. The van der Waals surface area contributed by atoms with Crippen LogP contribution < -0.4 is 0 Å². The van der Waals surface area contributed by atoms with Gasteiger partial charge in [0.05, 0.1) is 0 Å². The second-order valence-corrected chi connectivity index (χ2v) is 2.16. The fraction of sp³-hybridized carbons (Fsp3) is 0.500. The van der Waals surface area contributed by atoms with Gasteiger partial charge in [0.2, 0.25) is 0 Å². The van der Waals surface area contributed by atoms with Gasteiger partial charge < -0.3 is 9.47 Å². The average molecular weight is 554 g/mol. The summed E-state index contributed by atoms with van der Waals surface area (Å²) in [6.07, 6.45) is -1.49. The van der Waals surface area contributed by atoms with Gasteiger partial charge in [-0.05, 0) is 13.8 Å². The molecule has 0 amide bonds. The second kappa shape index (κ2) is 12.9. The van der Waals surface area contributed by atoms with Crippen molar-refractivity contribution in [2.75, 3.05) is 0 Å². The van der Waals surface area contributed by atoms with Gasteiger partial charge in [0.15, 0.2) is 12.2 Å². The maximum atomic E-state index is 10.7. The molecule has 1 heterocycles. The minimum absolute atomic E-state index is 0. The van der Waals surface area contributed by atoms with E-state index in [2.05, 4.69) is 59.9 Å². The summed E-state index contributed by atoms with van der Waals surface area (Å²) in [5.41, 5.74) is 0. The Balaban J connectivity index is -0.000000258. The fourth-order valence-electron chi connectivity index (χ4n) is 0.636. The largest absolute Gasteiger partial charge is 0.448 e. The monoisotopic (exact) mass is 554 g/mol. The first-order chi connectivity index (χ1) is 6.61. The average Bonchev–Trinajstić information content (AvgIpc) is 2.21. The molecule has 0 aromatic carbocycles. The third kappa shape index (κ3) is 8.65. The second-order valence-electron chi connectivity index (χ2n) is 2.16. The van der Waals surface area contributed by atoms with E-state index in [0.717, 1.165) is 0 Å². The molecule has 0 bridgehead atoms. The zero-order valence-corrected chi connectivity index (χ0v) is 15.0. The Morgan fingerprint density at radius 2 is 1.20 bits per heavy atom. The highest BCUT2D eigenvalue weighted by atomic mass is 128. The first-order valence-electron chi connectivity index (χ1n) is 3.66. The zero-order chi connectivity index (χ0) is 11.7. The van der Waals surface area contributed by atoms with E-state index in [1.807, 2.05) is 0 Å². The number of halogens is 3. The van der Waals surface area contributed by atoms with Crippen LogP contribution >= 0.6 is 61.2 Å². The molecule has 1 aliphatic heterocycles. The van der Waals surface area contributed by atoms with Crippen LogP contribution in [0.3, 0.4) is 0 Å². The molecule has 4 nitrogen and oxygen atoms in total. The van der Waals surface area contributed by atoms with E-state index in [0.29, 0.717) is 0 Å². The van der Waals surface area contributed by atoms with Crippen LogP contribution in [0.15, 0.2) is 13.2 Å². The Morgan fingerprint density at radius 3 is 1.40 bits per heavy atom. The molecule has 2 atom stereocenters. The molecule has 7 heteroatoms. The summed E-state index contributed by atoms with van der Waals surface area (Å²) in [6.45, 7) is 8.96. The lowest BCUT2D eigenvalue weighted by molar-refractivity contribution is -0.191. The molecular weight excluding hydrogens is 541 g/mol. The van der Waals surface area contributed by atoms with Crippen LogP contribution in [0.4, 0.5) is 0 Å². The first kappa shape index (κ1) is 21.2. The summed E-state index contributed by atoms with van der Waals surface area (Å²) in [5.74, 6) is -0.959.